The van der Waals surface area contributed by atoms with Gasteiger partial charge in [0.2, 0.25) is 0 Å². The van der Waals surface area contributed by atoms with E-state index in [4.69, 9.17) is 4.74 Å². The van der Waals surface area contributed by atoms with Crippen LogP contribution in [-0.4, -0.2) is 76.8 Å². The smallest absolute Gasteiger partial charge is 0.261 e. The number of hydrogen-bond acceptors (Lipinski definition) is 7. The molecule has 2 aromatic carbocycles. The summed E-state index contributed by atoms with van der Waals surface area (Å²) in [5.41, 5.74) is 2.66. The number of thiazole rings is 1. The zero-order chi connectivity index (χ0) is 31.0. The van der Waals surface area contributed by atoms with Gasteiger partial charge in [0.25, 0.3) is 17.7 Å². The molecule has 4 heterocycles. The van der Waals surface area contributed by atoms with Crippen LogP contribution in [0.2, 0.25) is 0 Å². The predicted molar refractivity (Wildman–Crippen MR) is 159 cm³/mol. The molecule has 6 rings (SSSR count). The van der Waals surface area contributed by atoms with E-state index in [1.807, 2.05) is 42.6 Å². The van der Waals surface area contributed by atoms with Crippen molar-refractivity contribution in [2.45, 2.75) is 75.4 Å². The normalized spacial score (nSPS) is 23.9. The summed E-state index contributed by atoms with van der Waals surface area (Å²) in [5, 5.41) is 19.3. The molecule has 2 fully saturated rings. The number of rotatable bonds is 8. The lowest BCUT2D eigenvalue weighted by Gasteiger charge is -2.29. The van der Waals surface area contributed by atoms with Crippen LogP contribution in [0.4, 0.5) is 13.2 Å². The van der Waals surface area contributed by atoms with Gasteiger partial charge < -0.3 is 25.4 Å². The van der Waals surface area contributed by atoms with E-state index in [1.165, 1.54) is 22.3 Å². The van der Waals surface area contributed by atoms with Gasteiger partial charge >= 0.3 is 0 Å². The Morgan fingerprint density at radius 2 is 2.07 bits per heavy atom. The van der Waals surface area contributed by atoms with E-state index in [9.17, 15) is 27.9 Å². The summed E-state index contributed by atoms with van der Waals surface area (Å²) in [6, 6.07) is 9.87. The van der Waals surface area contributed by atoms with Crippen LogP contribution < -0.4 is 15.4 Å². The number of carbonyl (C=O) groups excluding carboxylic acids is 2. The van der Waals surface area contributed by atoms with Crippen molar-refractivity contribution >= 4 is 23.2 Å². The Balaban J connectivity index is 1.30. The van der Waals surface area contributed by atoms with E-state index in [2.05, 4.69) is 15.6 Å². The van der Waals surface area contributed by atoms with Crippen molar-refractivity contribution in [3.8, 4) is 5.75 Å². The quantitative estimate of drug-likeness (QED) is 0.342. The van der Waals surface area contributed by atoms with Crippen LogP contribution in [0.1, 0.15) is 67.8 Å². The number of halogens is 3. The van der Waals surface area contributed by atoms with Crippen LogP contribution in [-0.2, 0) is 12.8 Å². The number of nitrogens with one attached hydrogen (secondary N) is 2. The molecule has 0 radical (unpaired) electrons. The Morgan fingerprint density at radius 1 is 1.27 bits per heavy atom. The molecule has 234 valence electrons. The minimum atomic E-state index is -2.96. The van der Waals surface area contributed by atoms with Crippen molar-refractivity contribution in [2.75, 3.05) is 19.7 Å². The molecule has 0 spiro atoms. The molecule has 0 unspecified atom stereocenters. The van der Waals surface area contributed by atoms with Gasteiger partial charge in [0.05, 0.1) is 37.9 Å². The summed E-state index contributed by atoms with van der Waals surface area (Å²) in [5.74, 6) is -3.54. The molecule has 3 aliphatic heterocycles. The minimum Gasteiger partial charge on any atom is -0.493 e. The fourth-order valence-corrected chi connectivity index (χ4v) is 7.27. The summed E-state index contributed by atoms with van der Waals surface area (Å²) < 4.78 is 48.6. The lowest BCUT2D eigenvalue weighted by molar-refractivity contribution is 0.0112. The molecule has 3 aliphatic rings. The number of benzene rings is 2. The number of aliphatic hydroxyl groups is 1. The molecule has 3 N–H and O–H groups in total. The van der Waals surface area contributed by atoms with Crippen molar-refractivity contribution in [1.82, 2.24) is 20.5 Å². The van der Waals surface area contributed by atoms with Gasteiger partial charge in [-0.3, -0.25) is 9.59 Å². The first-order valence-electron chi connectivity index (χ1n) is 14.9. The monoisotopic (exact) mass is 628 g/mol. The third-order valence-corrected chi connectivity index (χ3v) is 9.61. The van der Waals surface area contributed by atoms with Crippen molar-refractivity contribution in [2.24, 2.45) is 0 Å². The Kier molecular flexibility index (Phi) is 8.67. The highest BCUT2D eigenvalue weighted by Gasteiger charge is 2.44. The van der Waals surface area contributed by atoms with Gasteiger partial charge in [0.1, 0.15) is 16.9 Å². The van der Waals surface area contributed by atoms with E-state index in [0.29, 0.717) is 35.8 Å². The van der Waals surface area contributed by atoms with Gasteiger partial charge in [-0.2, -0.15) is 0 Å². The van der Waals surface area contributed by atoms with Crippen LogP contribution in [0.15, 0.2) is 47.8 Å². The fourth-order valence-electron chi connectivity index (χ4n) is 6.35. The first kappa shape index (κ1) is 30.5. The zero-order valence-corrected chi connectivity index (χ0v) is 25.1. The van der Waals surface area contributed by atoms with Crippen molar-refractivity contribution in [3.05, 3.63) is 80.8 Å². The Labute approximate surface area is 257 Å². The maximum Gasteiger partial charge on any atom is 0.261 e. The Bertz CT molecular complexity index is 1520. The molecule has 2 saturated heterocycles. The average molecular weight is 629 g/mol. The second-order valence-electron chi connectivity index (χ2n) is 11.9. The maximum absolute atomic E-state index is 14.7. The molecule has 2 amide bonds. The zero-order valence-electron chi connectivity index (χ0n) is 24.3. The number of aromatic nitrogens is 1. The largest absolute Gasteiger partial charge is 0.493 e. The maximum atomic E-state index is 14.7. The molecule has 3 aromatic rings. The summed E-state index contributed by atoms with van der Waals surface area (Å²) in [7, 11) is 0. The lowest BCUT2D eigenvalue weighted by atomic mass is 9.93. The van der Waals surface area contributed by atoms with Gasteiger partial charge in [-0.05, 0) is 43.9 Å². The van der Waals surface area contributed by atoms with E-state index >= 15 is 0 Å². The highest BCUT2D eigenvalue weighted by atomic mass is 32.1. The molecule has 0 bridgehead atoms. The second kappa shape index (κ2) is 12.5. The number of likely N-dealkylation sites (tertiary alicyclic amines) is 1. The minimum absolute atomic E-state index is 0.0848. The number of alkyl halides is 3. The Morgan fingerprint density at radius 3 is 2.77 bits per heavy atom. The number of carbonyl (C=O) groups is 2. The first-order valence-corrected chi connectivity index (χ1v) is 15.8. The van der Waals surface area contributed by atoms with Crippen LogP contribution in [0.3, 0.4) is 0 Å². The predicted octanol–water partition coefficient (Wildman–Crippen LogP) is 4.40. The van der Waals surface area contributed by atoms with Gasteiger partial charge in [0.15, 0.2) is 0 Å². The Hall–Kier alpha value is -3.48. The molecule has 0 aliphatic carbocycles. The van der Waals surface area contributed by atoms with E-state index in [0.717, 1.165) is 11.3 Å². The number of amides is 2. The lowest BCUT2D eigenvalue weighted by Crippen LogP contribution is -2.52. The van der Waals surface area contributed by atoms with E-state index < -0.39 is 61.1 Å². The fraction of sp³-hybridized carbons (Fsp3) is 0.469. The second-order valence-corrected chi connectivity index (χ2v) is 12.8. The number of hydrogen-bond donors (Lipinski definition) is 3. The van der Waals surface area contributed by atoms with Crippen molar-refractivity contribution in [3.63, 3.8) is 0 Å². The van der Waals surface area contributed by atoms with Crippen molar-refractivity contribution in [1.29, 1.82) is 0 Å². The van der Waals surface area contributed by atoms with Crippen molar-refractivity contribution < 1.29 is 32.6 Å². The number of ether oxygens (including phenoxy) is 1. The summed E-state index contributed by atoms with van der Waals surface area (Å²) in [6.45, 7) is 1.63. The highest BCUT2D eigenvalue weighted by molar-refractivity contribution is 7.09. The molecule has 5 atom stereocenters. The standard InChI is InChI=1S/C32H35F3N4O4S/c1-18-16-44-30(37-18)26-13-21(33)15-39(26)31(42)23-11-20(12-27-22(23)8-5-9-43-27)29(41)38-24(10-19-6-3-2-4-7-19)28(40)25-14-32(34,35)17-36-25/h2-4,6-7,11-12,16,21,24-26,28,36,40H,5,8-10,13-15,17H2,1H3,(H,38,41)/t21-,24-,25+,26+,28-/m0/s1. The molecule has 1 aromatic heterocycles. The highest BCUT2D eigenvalue weighted by Crippen LogP contribution is 2.38. The van der Waals surface area contributed by atoms with Crippen LogP contribution in [0.5, 0.6) is 5.75 Å². The average Bonchev–Trinajstić information content (AvgIpc) is 3.73. The first-order chi connectivity index (χ1) is 21.1. The molecule has 8 nitrogen and oxygen atoms in total. The summed E-state index contributed by atoms with van der Waals surface area (Å²) in [4.78, 5) is 33.8. The van der Waals surface area contributed by atoms with Gasteiger partial charge in [0, 0.05) is 46.6 Å². The van der Waals surface area contributed by atoms with Gasteiger partial charge in [-0.25, -0.2) is 18.2 Å². The third kappa shape index (κ3) is 6.47. The van der Waals surface area contributed by atoms with Crippen LogP contribution in [0.25, 0.3) is 0 Å². The molecule has 0 saturated carbocycles. The third-order valence-electron chi connectivity index (χ3n) is 8.54. The van der Waals surface area contributed by atoms with E-state index in [1.54, 1.807) is 6.07 Å². The van der Waals surface area contributed by atoms with Crippen LogP contribution in [0, 0.1) is 6.92 Å². The van der Waals surface area contributed by atoms with Gasteiger partial charge in [-0.1, -0.05) is 30.3 Å². The SMILES string of the molecule is Cc1csc([C@H]2C[C@H](F)CN2C(=O)c2cc(C(=O)N[C@@H](Cc3ccccc3)[C@H](O)[C@H]3CC(F)(F)CN3)cc3c2CCCO3)n1. The number of aryl methyl sites for hydroxylation is 1. The topological polar surface area (TPSA) is 104 Å². The van der Waals surface area contributed by atoms with Crippen LogP contribution >= 0.6 is 11.3 Å². The molecule has 12 heteroatoms. The van der Waals surface area contributed by atoms with E-state index in [-0.39, 0.29) is 30.5 Å². The number of nitrogens with zero attached hydrogens (tertiary/aromatic N) is 2. The summed E-state index contributed by atoms with van der Waals surface area (Å²) in [6.07, 6.45) is -1.48. The molecule has 44 heavy (non-hydrogen) atoms. The molecular formula is C32H35F3N4O4S. The number of aliphatic hydroxyl groups excluding tert-OH is 1. The van der Waals surface area contributed by atoms with Gasteiger partial charge in [-0.15, -0.1) is 11.3 Å². The summed E-state index contributed by atoms with van der Waals surface area (Å²) >= 11 is 1.39. The number of fused-ring (bicyclic) bond motifs is 1. The molecular weight excluding hydrogens is 593 g/mol.